The molecular weight excluding hydrogens is 485 g/mol. The van der Waals surface area contributed by atoms with Crippen LogP contribution in [0.25, 0.3) is 22.7 Å². The Kier molecular flexibility index (Phi) is 7.61. The number of rotatable bonds is 6. The highest BCUT2D eigenvalue weighted by Gasteiger charge is 2.27. The lowest BCUT2D eigenvalue weighted by molar-refractivity contribution is 0.0326. The molecule has 0 saturated carbocycles. The number of nitrogens with zero attached hydrogens (tertiary/aromatic N) is 6. The highest BCUT2D eigenvalue weighted by atomic mass is 19.3. The third-order valence-electron chi connectivity index (χ3n) is 6.67. The van der Waals surface area contributed by atoms with Crippen LogP contribution in [0.1, 0.15) is 41.8 Å². The molecule has 4 aromatic rings. The van der Waals surface area contributed by atoms with Crippen molar-refractivity contribution < 1.29 is 22.3 Å². The second kappa shape index (κ2) is 11.2. The van der Waals surface area contributed by atoms with Gasteiger partial charge >= 0.3 is 6.43 Å². The predicted molar refractivity (Wildman–Crippen MR) is 129 cm³/mol. The smallest absolute Gasteiger partial charge is 0.314 e. The van der Waals surface area contributed by atoms with Crippen LogP contribution in [0.2, 0.25) is 0 Å². The zero-order chi connectivity index (χ0) is 25.8. The van der Waals surface area contributed by atoms with Crippen LogP contribution in [0.3, 0.4) is 0 Å². The lowest BCUT2D eigenvalue weighted by atomic mass is 10.0. The minimum Gasteiger partial charge on any atom is -0.415 e. The van der Waals surface area contributed by atoms with E-state index in [0.717, 1.165) is 56.0 Å². The maximum absolute atomic E-state index is 12.7. The lowest BCUT2D eigenvalue weighted by Crippen LogP contribution is -2.35. The van der Waals surface area contributed by atoms with Gasteiger partial charge in [0.25, 0.3) is 5.89 Å². The number of fused-ring (bicyclic) bond motifs is 1. The van der Waals surface area contributed by atoms with Gasteiger partial charge in [0.15, 0.2) is 0 Å². The standard InChI is InChI=1S/C25H24F2N6O2.CH3F/c26-23(27)25-30-29-24(35-25)17-3-1-16(2-4-17)12-33-15-22(28-31-33)18-5-6-19-13-32(14-20(19)11-18)21-7-9-34-10-8-21;1-2/h1-6,11,15,21,23H,7-10,12-14H2;1H3. The zero-order valence-corrected chi connectivity index (χ0v) is 20.4. The van der Waals surface area contributed by atoms with Gasteiger partial charge in [-0.3, -0.25) is 9.29 Å². The molecule has 6 rings (SSSR count). The number of alkyl halides is 3. The first-order valence-electron chi connectivity index (χ1n) is 12.0. The van der Waals surface area contributed by atoms with E-state index in [2.05, 4.69) is 43.6 Å². The molecule has 1 saturated heterocycles. The molecule has 2 aromatic carbocycles. The summed E-state index contributed by atoms with van der Waals surface area (Å²) in [7, 11) is 0.500. The third kappa shape index (κ3) is 5.57. The topological polar surface area (TPSA) is 82.1 Å². The van der Waals surface area contributed by atoms with E-state index < -0.39 is 12.3 Å². The average molecular weight is 513 g/mol. The van der Waals surface area contributed by atoms with E-state index in [-0.39, 0.29) is 5.89 Å². The Morgan fingerprint density at radius 3 is 2.38 bits per heavy atom. The molecule has 0 radical (unpaired) electrons. The first kappa shape index (κ1) is 25.1. The van der Waals surface area contributed by atoms with Crippen LogP contribution < -0.4 is 0 Å². The molecule has 0 bridgehead atoms. The maximum atomic E-state index is 12.7. The van der Waals surface area contributed by atoms with E-state index in [0.29, 0.717) is 25.3 Å². The van der Waals surface area contributed by atoms with Crippen molar-refractivity contribution in [2.45, 2.75) is 44.9 Å². The molecule has 0 unspecified atom stereocenters. The number of aromatic nitrogens is 5. The molecule has 1 fully saturated rings. The molecule has 0 spiro atoms. The van der Waals surface area contributed by atoms with Gasteiger partial charge < -0.3 is 9.15 Å². The van der Waals surface area contributed by atoms with Gasteiger partial charge in [-0.2, -0.15) is 8.78 Å². The Bertz CT molecular complexity index is 1320. The minimum atomic E-state index is -2.78. The summed E-state index contributed by atoms with van der Waals surface area (Å²) in [5, 5.41) is 15.7. The van der Waals surface area contributed by atoms with Crippen molar-refractivity contribution >= 4 is 0 Å². The van der Waals surface area contributed by atoms with Crippen molar-refractivity contribution in [3.8, 4) is 22.7 Å². The fourth-order valence-electron chi connectivity index (χ4n) is 4.78. The Morgan fingerprint density at radius 1 is 0.919 bits per heavy atom. The van der Waals surface area contributed by atoms with Crippen LogP contribution in [0.5, 0.6) is 0 Å². The van der Waals surface area contributed by atoms with Crippen LogP contribution in [0.15, 0.2) is 53.1 Å². The van der Waals surface area contributed by atoms with Gasteiger partial charge in [0.05, 0.1) is 19.9 Å². The second-order valence-corrected chi connectivity index (χ2v) is 8.98. The molecule has 194 valence electrons. The Labute approximate surface area is 212 Å². The zero-order valence-electron chi connectivity index (χ0n) is 20.4. The molecule has 0 aliphatic carbocycles. The summed E-state index contributed by atoms with van der Waals surface area (Å²) >= 11 is 0. The van der Waals surface area contributed by atoms with Crippen LogP contribution in [-0.2, 0) is 24.4 Å². The number of hydrogen-bond acceptors (Lipinski definition) is 7. The molecule has 11 heteroatoms. The summed E-state index contributed by atoms with van der Waals surface area (Å²) in [6.07, 6.45) is 1.35. The fourth-order valence-corrected chi connectivity index (χ4v) is 4.78. The van der Waals surface area contributed by atoms with Gasteiger partial charge in [-0.1, -0.05) is 29.5 Å². The predicted octanol–water partition coefficient (Wildman–Crippen LogP) is 5.06. The van der Waals surface area contributed by atoms with Gasteiger partial charge in [-0.15, -0.1) is 15.3 Å². The normalized spacial score (nSPS) is 16.0. The SMILES string of the molecule is CF.FC(F)c1nnc(-c2ccc(Cn3cc(-c4ccc5c(c4)CN(C4CCOCC4)C5)nn3)cc2)o1. The fraction of sp³-hybridized carbons (Fsp3) is 0.385. The van der Waals surface area contributed by atoms with Crippen molar-refractivity contribution in [3.63, 3.8) is 0 Å². The molecule has 0 N–H and O–H groups in total. The largest absolute Gasteiger partial charge is 0.415 e. The third-order valence-corrected chi connectivity index (χ3v) is 6.67. The Hall–Kier alpha value is -3.57. The van der Waals surface area contributed by atoms with Gasteiger partial charge in [0.1, 0.15) is 5.69 Å². The van der Waals surface area contributed by atoms with E-state index in [1.165, 1.54) is 11.1 Å². The molecule has 4 heterocycles. The maximum Gasteiger partial charge on any atom is 0.314 e. The number of benzene rings is 2. The van der Waals surface area contributed by atoms with E-state index >= 15 is 0 Å². The summed E-state index contributed by atoms with van der Waals surface area (Å²) in [5.74, 6) is -0.607. The van der Waals surface area contributed by atoms with Crippen molar-refractivity contribution in [2.24, 2.45) is 0 Å². The molecule has 37 heavy (non-hydrogen) atoms. The van der Waals surface area contributed by atoms with Crippen LogP contribution in [0.4, 0.5) is 13.2 Å². The number of halogens is 3. The summed E-state index contributed by atoms with van der Waals surface area (Å²) in [4.78, 5) is 2.56. The van der Waals surface area contributed by atoms with E-state index in [9.17, 15) is 13.2 Å². The van der Waals surface area contributed by atoms with E-state index in [4.69, 9.17) is 9.15 Å². The van der Waals surface area contributed by atoms with Gasteiger partial charge in [0.2, 0.25) is 5.89 Å². The highest BCUT2D eigenvalue weighted by molar-refractivity contribution is 5.60. The molecule has 8 nitrogen and oxygen atoms in total. The molecule has 0 atom stereocenters. The van der Waals surface area contributed by atoms with E-state index in [1.54, 1.807) is 16.8 Å². The first-order valence-corrected chi connectivity index (χ1v) is 12.0. The first-order chi connectivity index (χ1) is 18.1. The number of hydrogen-bond donors (Lipinski definition) is 0. The Balaban J connectivity index is 0.00000137. The van der Waals surface area contributed by atoms with Gasteiger partial charge in [0, 0.05) is 43.5 Å². The van der Waals surface area contributed by atoms with Crippen LogP contribution in [0, 0.1) is 0 Å². The lowest BCUT2D eigenvalue weighted by Gasteiger charge is -2.30. The Morgan fingerprint density at radius 2 is 1.65 bits per heavy atom. The summed E-state index contributed by atoms with van der Waals surface area (Å²) in [6, 6.07) is 14.4. The molecule has 2 aliphatic rings. The van der Waals surface area contributed by atoms with Crippen molar-refractivity contribution in [1.29, 1.82) is 0 Å². The summed E-state index contributed by atoms with van der Waals surface area (Å²) in [5.41, 5.74) is 6.20. The van der Waals surface area contributed by atoms with Gasteiger partial charge in [-0.25, -0.2) is 4.68 Å². The quantitative estimate of drug-likeness (QED) is 0.357. The van der Waals surface area contributed by atoms with Crippen LogP contribution in [-0.4, -0.2) is 56.5 Å². The summed E-state index contributed by atoms with van der Waals surface area (Å²) < 4.78 is 47.1. The molecule has 2 aromatic heterocycles. The average Bonchev–Trinajstić information content (AvgIpc) is 3.70. The molecule has 2 aliphatic heterocycles. The monoisotopic (exact) mass is 512 g/mol. The minimum absolute atomic E-state index is 0.0712. The van der Waals surface area contributed by atoms with Crippen LogP contribution >= 0.6 is 0 Å². The van der Waals surface area contributed by atoms with Crippen molar-refractivity contribution in [2.75, 3.05) is 20.4 Å². The van der Waals surface area contributed by atoms with Crippen molar-refractivity contribution in [3.05, 3.63) is 71.2 Å². The molecule has 0 amide bonds. The van der Waals surface area contributed by atoms with E-state index in [1.807, 2.05) is 18.3 Å². The highest BCUT2D eigenvalue weighted by Crippen LogP contribution is 2.31. The molecular formula is C26H27F3N6O2. The second-order valence-electron chi connectivity index (χ2n) is 8.98. The van der Waals surface area contributed by atoms with Crippen molar-refractivity contribution in [1.82, 2.24) is 30.1 Å². The number of ether oxygens (including phenoxy) is 1. The van der Waals surface area contributed by atoms with Gasteiger partial charge in [-0.05, 0) is 47.7 Å². The summed E-state index contributed by atoms with van der Waals surface area (Å²) in [6.45, 7) is 4.20.